The first kappa shape index (κ1) is 45.1. The summed E-state index contributed by atoms with van der Waals surface area (Å²) < 4.78 is 0. The molecule has 0 N–H and O–H groups in total. The minimum Gasteiger partial charge on any atom is -0.208 e. The van der Waals surface area contributed by atoms with Crippen LogP contribution in [-0.2, 0) is 10.8 Å². The number of nitriles is 1. The van der Waals surface area contributed by atoms with Gasteiger partial charge in [-0.2, -0.15) is 5.26 Å². The van der Waals surface area contributed by atoms with E-state index < -0.39 is 0 Å². The van der Waals surface area contributed by atoms with E-state index in [1.807, 2.05) is 115 Å². The van der Waals surface area contributed by atoms with Gasteiger partial charge in [0.15, 0.2) is 34.9 Å². The molecule has 0 spiro atoms. The van der Waals surface area contributed by atoms with Crippen molar-refractivity contribution >= 4 is 0 Å². The molecule has 0 saturated heterocycles. The zero-order valence-corrected chi connectivity index (χ0v) is 40.2. The first-order chi connectivity index (χ1) is 33.9. The van der Waals surface area contributed by atoms with E-state index >= 15 is 0 Å². The topological polar surface area (TPSA) is 101 Å². The average molecular weight is 906 g/mol. The molecule has 0 aliphatic carbocycles. The summed E-state index contributed by atoms with van der Waals surface area (Å²) in [4.78, 5) is 31.2. The maximum atomic E-state index is 10.2. The minimum absolute atomic E-state index is 0.151. The van der Waals surface area contributed by atoms with Crippen LogP contribution < -0.4 is 0 Å². The Hall–Kier alpha value is -8.73. The Morgan fingerprint density at radius 2 is 0.643 bits per heavy atom. The Labute approximate surface area is 410 Å². The molecule has 7 nitrogen and oxygen atoms in total. The van der Waals surface area contributed by atoms with Crippen LogP contribution >= 0.6 is 0 Å². The Kier molecular flexibility index (Phi) is 12.1. The van der Waals surface area contributed by atoms with E-state index in [2.05, 4.69) is 133 Å². The predicted octanol–water partition coefficient (Wildman–Crippen LogP) is 15.5. The lowest BCUT2D eigenvalue weighted by molar-refractivity contribution is 0.591. The van der Waals surface area contributed by atoms with Crippen molar-refractivity contribution in [1.82, 2.24) is 29.9 Å². The van der Waals surface area contributed by atoms with Crippen LogP contribution in [0.1, 0.15) is 58.2 Å². The molecule has 0 bridgehead atoms. The van der Waals surface area contributed by atoms with Crippen molar-refractivity contribution in [3.8, 4) is 108 Å². The maximum absolute atomic E-state index is 10.2. The number of benzene rings is 8. The van der Waals surface area contributed by atoms with E-state index in [1.54, 1.807) is 0 Å². The molecule has 0 radical (unpaired) electrons. The lowest BCUT2D eigenvalue weighted by Gasteiger charge is -2.23. The molecule has 0 unspecified atom stereocenters. The molecule has 0 saturated carbocycles. The van der Waals surface area contributed by atoms with Gasteiger partial charge in [0.2, 0.25) is 0 Å². The molecule has 2 aromatic heterocycles. The Morgan fingerprint density at radius 3 is 1.13 bits per heavy atom. The van der Waals surface area contributed by atoms with Gasteiger partial charge in [0.1, 0.15) is 0 Å². The number of nitrogens with zero attached hydrogens (tertiary/aromatic N) is 7. The van der Waals surface area contributed by atoms with E-state index in [-0.39, 0.29) is 10.8 Å². The second-order valence-corrected chi connectivity index (χ2v) is 19.5. The lowest BCUT2D eigenvalue weighted by Crippen LogP contribution is -2.13. The molecule has 70 heavy (non-hydrogen) atoms. The van der Waals surface area contributed by atoms with Gasteiger partial charge in [0, 0.05) is 33.4 Å². The van der Waals surface area contributed by atoms with Gasteiger partial charge in [-0.3, -0.25) is 0 Å². The molecular weight excluding hydrogens is 855 g/mol. The Bertz CT molecular complexity index is 3580. The first-order valence-electron chi connectivity index (χ1n) is 23.6. The van der Waals surface area contributed by atoms with Crippen LogP contribution in [-0.4, -0.2) is 29.9 Å². The van der Waals surface area contributed by atoms with E-state index in [0.717, 1.165) is 77.9 Å². The van der Waals surface area contributed by atoms with Crippen LogP contribution in [0.3, 0.4) is 0 Å². The molecule has 10 aromatic rings. The predicted molar refractivity (Wildman–Crippen MR) is 284 cm³/mol. The van der Waals surface area contributed by atoms with E-state index in [0.29, 0.717) is 40.5 Å². The van der Waals surface area contributed by atoms with Crippen LogP contribution in [0.25, 0.3) is 102 Å². The smallest absolute Gasteiger partial charge is 0.164 e. The summed E-state index contributed by atoms with van der Waals surface area (Å²) in [7, 11) is 0. The molecule has 0 amide bonds. The van der Waals surface area contributed by atoms with E-state index in [4.69, 9.17) is 29.9 Å². The fourth-order valence-electron chi connectivity index (χ4n) is 9.12. The third-order valence-corrected chi connectivity index (χ3v) is 12.5. The number of hydrogen-bond donors (Lipinski definition) is 0. The molecule has 338 valence electrons. The largest absolute Gasteiger partial charge is 0.208 e. The van der Waals surface area contributed by atoms with E-state index in [1.165, 1.54) is 0 Å². The third-order valence-electron chi connectivity index (χ3n) is 12.5. The summed E-state index contributed by atoms with van der Waals surface area (Å²) in [5.41, 5.74) is 13.6. The third kappa shape index (κ3) is 9.15. The van der Waals surface area contributed by atoms with Crippen LogP contribution in [0.4, 0.5) is 0 Å². The molecule has 10 rings (SSSR count). The van der Waals surface area contributed by atoms with Gasteiger partial charge in [-0.25, -0.2) is 29.9 Å². The molecular formula is C63H51N7. The molecule has 0 atom stereocenters. The van der Waals surface area contributed by atoms with Crippen LogP contribution in [0, 0.1) is 11.3 Å². The van der Waals surface area contributed by atoms with Crippen molar-refractivity contribution < 1.29 is 0 Å². The summed E-state index contributed by atoms with van der Waals surface area (Å²) in [6, 6.07) is 70.2. The van der Waals surface area contributed by atoms with Crippen LogP contribution in [0.15, 0.2) is 200 Å². The highest BCUT2D eigenvalue weighted by molar-refractivity contribution is 5.94. The molecule has 2 heterocycles. The van der Waals surface area contributed by atoms with Crippen molar-refractivity contribution in [3.05, 3.63) is 217 Å². The summed E-state index contributed by atoms with van der Waals surface area (Å²) in [6.07, 6.45) is 0. The highest BCUT2D eigenvalue weighted by atomic mass is 15.0. The van der Waals surface area contributed by atoms with Gasteiger partial charge in [-0.15, -0.1) is 0 Å². The quantitative estimate of drug-likeness (QED) is 0.142. The number of aromatic nitrogens is 6. The zero-order chi connectivity index (χ0) is 48.4. The van der Waals surface area contributed by atoms with Gasteiger partial charge in [-0.05, 0) is 73.5 Å². The highest BCUT2D eigenvalue weighted by Crippen LogP contribution is 2.43. The van der Waals surface area contributed by atoms with Crippen molar-refractivity contribution in [2.45, 2.75) is 52.4 Å². The molecule has 8 aromatic carbocycles. The minimum atomic E-state index is -0.158. The van der Waals surface area contributed by atoms with Gasteiger partial charge in [-0.1, -0.05) is 224 Å². The van der Waals surface area contributed by atoms with Gasteiger partial charge in [0.05, 0.1) is 11.6 Å². The SMILES string of the molecule is CC(C)(C)c1ccccc1-c1nc(-c2ccccc2)nc(-c2ccccc2-c2ccc(-c3ccccc3-c3nc(-c4ccccc4)nc(-c4ccccc4C(C)(C)C)n3)c(-c3cccc(C#N)c3)c2)n1. The zero-order valence-electron chi connectivity index (χ0n) is 40.2. The monoisotopic (exact) mass is 905 g/mol. The Morgan fingerprint density at radius 1 is 0.286 bits per heavy atom. The van der Waals surface area contributed by atoms with E-state index in [9.17, 15) is 5.26 Å². The first-order valence-corrected chi connectivity index (χ1v) is 23.6. The van der Waals surface area contributed by atoms with Gasteiger partial charge in [0.25, 0.3) is 0 Å². The number of rotatable bonds is 9. The highest BCUT2D eigenvalue weighted by Gasteiger charge is 2.25. The lowest BCUT2D eigenvalue weighted by atomic mass is 9.83. The second kappa shape index (κ2) is 18.7. The number of hydrogen-bond acceptors (Lipinski definition) is 7. The molecule has 7 heteroatoms. The van der Waals surface area contributed by atoms with Crippen molar-refractivity contribution in [2.75, 3.05) is 0 Å². The molecule has 0 aliphatic rings. The van der Waals surface area contributed by atoms with Crippen LogP contribution in [0.2, 0.25) is 0 Å². The Balaban J connectivity index is 1.17. The van der Waals surface area contributed by atoms with Crippen molar-refractivity contribution in [1.29, 1.82) is 5.26 Å². The summed E-state index contributed by atoms with van der Waals surface area (Å²) in [5, 5.41) is 10.2. The van der Waals surface area contributed by atoms with Crippen LogP contribution in [0.5, 0.6) is 0 Å². The summed E-state index contributed by atoms with van der Waals surface area (Å²) >= 11 is 0. The summed E-state index contributed by atoms with van der Waals surface area (Å²) in [6.45, 7) is 13.3. The average Bonchev–Trinajstić information content (AvgIpc) is 3.40. The molecule has 0 fully saturated rings. The van der Waals surface area contributed by atoms with Gasteiger partial charge < -0.3 is 0 Å². The van der Waals surface area contributed by atoms with Gasteiger partial charge >= 0.3 is 0 Å². The molecule has 0 aliphatic heterocycles. The fourth-order valence-corrected chi connectivity index (χ4v) is 9.12. The normalized spacial score (nSPS) is 11.6. The maximum Gasteiger partial charge on any atom is 0.164 e. The second-order valence-electron chi connectivity index (χ2n) is 19.5. The summed E-state index contributed by atoms with van der Waals surface area (Å²) in [5.74, 6) is 3.53. The standard InChI is InChI=1S/C63H51N7/c1-62(2,3)54-34-19-17-32-51(54)60-67-56(42-23-9-7-10-24-42)65-58(69-60)49-30-15-13-28-46(49)45-36-37-48(53(39-45)44-27-21-22-41(38-44)40-64)47-29-14-16-31-50(47)59-66-57(43-25-11-8-12-26-43)68-61(70-59)52-33-18-20-35-55(52)63(4,5)6/h7-39H,1-6H3. The van der Waals surface area contributed by atoms with Crippen molar-refractivity contribution in [2.24, 2.45) is 0 Å². The fraction of sp³-hybridized carbons (Fsp3) is 0.127. The van der Waals surface area contributed by atoms with Crippen molar-refractivity contribution in [3.63, 3.8) is 0 Å².